The first-order valence-electron chi connectivity index (χ1n) is 5.98. The van der Waals surface area contributed by atoms with Crippen molar-refractivity contribution < 1.29 is 4.74 Å². The highest BCUT2D eigenvalue weighted by atomic mass is 32.2. The molecule has 0 spiro atoms. The monoisotopic (exact) mass is 256 g/mol. The summed E-state index contributed by atoms with van der Waals surface area (Å²) >= 11 is 1.45. The van der Waals surface area contributed by atoms with Crippen molar-refractivity contribution in [2.45, 2.75) is 37.8 Å². The van der Waals surface area contributed by atoms with Gasteiger partial charge in [-0.1, -0.05) is 25.1 Å². The van der Waals surface area contributed by atoms with Gasteiger partial charge in [0.2, 0.25) is 0 Å². The SMILES string of the molecule is CCCCOCCCc1cc(=O)[nH]c(SC)n1. The third-order valence-electron chi connectivity index (χ3n) is 2.33. The second kappa shape index (κ2) is 8.31. The number of aromatic amines is 1. The number of ether oxygens (including phenoxy) is 1. The normalized spacial score (nSPS) is 10.7. The molecule has 17 heavy (non-hydrogen) atoms. The highest BCUT2D eigenvalue weighted by molar-refractivity contribution is 7.98. The Bertz CT molecular complexity index is 379. The van der Waals surface area contributed by atoms with Crippen LogP contribution in [0.4, 0.5) is 0 Å². The van der Waals surface area contributed by atoms with Crippen LogP contribution in [0.5, 0.6) is 0 Å². The van der Waals surface area contributed by atoms with Gasteiger partial charge in [0, 0.05) is 25.0 Å². The number of nitrogens with one attached hydrogen (secondary N) is 1. The predicted molar refractivity (Wildman–Crippen MR) is 70.7 cm³/mol. The summed E-state index contributed by atoms with van der Waals surface area (Å²) in [6, 6.07) is 1.56. The third kappa shape index (κ3) is 5.89. The molecule has 1 aromatic heterocycles. The number of aromatic nitrogens is 2. The standard InChI is InChI=1S/C12H20N2O2S/c1-3-4-7-16-8-5-6-10-9-11(15)14-12(13-10)17-2/h9H,3-8H2,1-2H3,(H,13,14,15). The summed E-state index contributed by atoms with van der Waals surface area (Å²) < 4.78 is 5.46. The average molecular weight is 256 g/mol. The number of aryl methyl sites for hydroxylation is 1. The van der Waals surface area contributed by atoms with Gasteiger partial charge in [0.25, 0.3) is 5.56 Å². The fraction of sp³-hybridized carbons (Fsp3) is 0.667. The maximum Gasteiger partial charge on any atom is 0.251 e. The van der Waals surface area contributed by atoms with Gasteiger partial charge >= 0.3 is 0 Å². The van der Waals surface area contributed by atoms with Crippen LogP contribution in [-0.4, -0.2) is 29.4 Å². The molecule has 96 valence electrons. The fourth-order valence-electron chi connectivity index (χ4n) is 1.41. The molecule has 0 aliphatic carbocycles. The van der Waals surface area contributed by atoms with Crippen LogP contribution in [0.1, 0.15) is 31.9 Å². The second-order valence-electron chi connectivity index (χ2n) is 3.82. The van der Waals surface area contributed by atoms with E-state index >= 15 is 0 Å². The largest absolute Gasteiger partial charge is 0.381 e. The molecule has 0 aliphatic heterocycles. The van der Waals surface area contributed by atoms with E-state index < -0.39 is 0 Å². The van der Waals surface area contributed by atoms with Gasteiger partial charge in [-0.2, -0.15) is 0 Å². The Morgan fingerprint density at radius 2 is 2.18 bits per heavy atom. The summed E-state index contributed by atoms with van der Waals surface area (Å²) in [6.45, 7) is 3.71. The molecule has 4 nitrogen and oxygen atoms in total. The first-order chi connectivity index (χ1) is 8.26. The molecule has 0 aromatic carbocycles. The van der Waals surface area contributed by atoms with Gasteiger partial charge in [-0.3, -0.25) is 4.79 Å². The van der Waals surface area contributed by atoms with Gasteiger partial charge in [0.05, 0.1) is 0 Å². The van der Waals surface area contributed by atoms with E-state index in [-0.39, 0.29) is 5.56 Å². The van der Waals surface area contributed by atoms with Gasteiger partial charge < -0.3 is 9.72 Å². The van der Waals surface area contributed by atoms with Crippen LogP contribution in [0, 0.1) is 0 Å². The Kier molecular flexibility index (Phi) is 6.96. The predicted octanol–water partition coefficient (Wildman–Crippen LogP) is 2.24. The molecule has 0 aliphatic rings. The highest BCUT2D eigenvalue weighted by Gasteiger charge is 2.00. The van der Waals surface area contributed by atoms with Crippen molar-refractivity contribution in [1.29, 1.82) is 0 Å². The van der Waals surface area contributed by atoms with Gasteiger partial charge in [-0.15, -0.1) is 0 Å². The Labute approximate surface area is 106 Å². The molecule has 1 N–H and O–H groups in total. The number of nitrogens with zero attached hydrogens (tertiary/aromatic N) is 1. The van der Waals surface area contributed by atoms with E-state index in [1.165, 1.54) is 11.8 Å². The van der Waals surface area contributed by atoms with Crippen LogP contribution in [0.3, 0.4) is 0 Å². The number of hydrogen-bond acceptors (Lipinski definition) is 4. The molecule has 0 bridgehead atoms. The first kappa shape index (κ1) is 14.3. The zero-order chi connectivity index (χ0) is 12.5. The lowest BCUT2D eigenvalue weighted by molar-refractivity contribution is 0.129. The van der Waals surface area contributed by atoms with Crippen LogP contribution < -0.4 is 5.56 Å². The third-order valence-corrected chi connectivity index (χ3v) is 2.91. The van der Waals surface area contributed by atoms with E-state index in [2.05, 4.69) is 16.9 Å². The topological polar surface area (TPSA) is 55.0 Å². The lowest BCUT2D eigenvalue weighted by Gasteiger charge is -2.04. The molecule has 0 amide bonds. The zero-order valence-corrected chi connectivity index (χ0v) is 11.3. The molecule has 0 saturated carbocycles. The van der Waals surface area contributed by atoms with E-state index in [0.29, 0.717) is 5.16 Å². The number of hydrogen-bond donors (Lipinski definition) is 1. The van der Waals surface area contributed by atoms with Crippen LogP contribution in [-0.2, 0) is 11.2 Å². The van der Waals surface area contributed by atoms with E-state index in [1.807, 2.05) is 6.26 Å². The molecule has 0 unspecified atom stereocenters. The smallest absolute Gasteiger partial charge is 0.251 e. The zero-order valence-electron chi connectivity index (χ0n) is 10.5. The Morgan fingerprint density at radius 3 is 2.88 bits per heavy atom. The van der Waals surface area contributed by atoms with E-state index in [4.69, 9.17) is 4.74 Å². The molecule has 1 heterocycles. The molecule has 0 fully saturated rings. The van der Waals surface area contributed by atoms with Crippen molar-refractivity contribution in [3.63, 3.8) is 0 Å². The Balaban J connectivity index is 2.31. The van der Waals surface area contributed by atoms with Gasteiger partial charge in [0.1, 0.15) is 0 Å². The van der Waals surface area contributed by atoms with Gasteiger partial charge in [0.15, 0.2) is 5.16 Å². The summed E-state index contributed by atoms with van der Waals surface area (Å²) in [7, 11) is 0. The van der Waals surface area contributed by atoms with Crippen molar-refractivity contribution >= 4 is 11.8 Å². The summed E-state index contributed by atoms with van der Waals surface area (Å²) in [5, 5.41) is 0.680. The van der Waals surface area contributed by atoms with E-state index in [1.54, 1.807) is 6.07 Å². The van der Waals surface area contributed by atoms with Crippen LogP contribution in [0.25, 0.3) is 0 Å². The molecule has 0 saturated heterocycles. The molecular formula is C12H20N2O2S. The summed E-state index contributed by atoms with van der Waals surface area (Å²) in [6.07, 6.45) is 5.88. The minimum atomic E-state index is -0.0775. The summed E-state index contributed by atoms with van der Waals surface area (Å²) in [4.78, 5) is 18.3. The lowest BCUT2D eigenvalue weighted by atomic mass is 10.2. The Morgan fingerprint density at radius 1 is 1.41 bits per heavy atom. The number of H-pyrrole nitrogens is 1. The van der Waals surface area contributed by atoms with Crippen molar-refractivity contribution in [3.8, 4) is 0 Å². The number of thioether (sulfide) groups is 1. The molecule has 1 rings (SSSR count). The quantitative estimate of drug-likeness (QED) is 0.440. The second-order valence-corrected chi connectivity index (χ2v) is 4.61. The van der Waals surface area contributed by atoms with Crippen molar-refractivity contribution in [2.75, 3.05) is 19.5 Å². The van der Waals surface area contributed by atoms with Crippen molar-refractivity contribution in [3.05, 3.63) is 22.1 Å². The molecule has 5 heteroatoms. The minimum absolute atomic E-state index is 0.0775. The highest BCUT2D eigenvalue weighted by Crippen LogP contribution is 2.06. The maximum atomic E-state index is 11.3. The van der Waals surface area contributed by atoms with E-state index in [0.717, 1.165) is 44.6 Å². The van der Waals surface area contributed by atoms with E-state index in [9.17, 15) is 4.79 Å². The first-order valence-corrected chi connectivity index (χ1v) is 7.20. The minimum Gasteiger partial charge on any atom is -0.381 e. The Hall–Kier alpha value is -0.810. The molecule has 0 radical (unpaired) electrons. The number of rotatable bonds is 8. The lowest BCUT2D eigenvalue weighted by Crippen LogP contribution is -2.10. The number of unbranched alkanes of at least 4 members (excludes halogenated alkanes) is 1. The molecule has 1 aromatic rings. The molecule has 0 atom stereocenters. The maximum absolute atomic E-state index is 11.3. The van der Waals surface area contributed by atoms with Crippen LogP contribution in [0.15, 0.2) is 16.0 Å². The fourth-order valence-corrected chi connectivity index (χ4v) is 1.82. The van der Waals surface area contributed by atoms with Gasteiger partial charge in [-0.25, -0.2) is 4.98 Å². The molecular weight excluding hydrogens is 236 g/mol. The van der Waals surface area contributed by atoms with Crippen LogP contribution in [0.2, 0.25) is 0 Å². The summed E-state index contributed by atoms with van der Waals surface area (Å²) in [5.41, 5.74) is 0.767. The van der Waals surface area contributed by atoms with Crippen LogP contribution >= 0.6 is 11.8 Å². The summed E-state index contributed by atoms with van der Waals surface area (Å²) in [5.74, 6) is 0. The van der Waals surface area contributed by atoms with Crippen molar-refractivity contribution in [1.82, 2.24) is 9.97 Å². The van der Waals surface area contributed by atoms with Crippen molar-refractivity contribution in [2.24, 2.45) is 0 Å². The average Bonchev–Trinajstić information content (AvgIpc) is 2.33. The van der Waals surface area contributed by atoms with Gasteiger partial charge in [-0.05, 0) is 25.5 Å².